The Hall–Kier alpha value is -3.12. The van der Waals surface area contributed by atoms with Crippen LogP contribution in [0, 0.1) is 6.92 Å². The van der Waals surface area contributed by atoms with Gasteiger partial charge in [-0.15, -0.1) is 0 Å². The zero-order valence-corrected chi connectivity index (χ0v) is 17.1. The number of methoxy groups -OCH3 is 1. The lowest BCUT2D eigenvalue weighted by atomic mass is 9.97. The van der Waals surface area contributed by atoms with Crippen LogP contribution in [0.25, 0.3) is 5.69 Å². The van der Waals surface area contributed by atoms with Crippen molar-refractivity contribution in [3.63, 3.8) is 0 Å². The van der Waals surface area contributed by atoms with Crippen molar-refractivity contribution < 1.29 is 9.53 Å². The van der Waals surface area contributed by atoms with Gasteiger partial charge in [0.25, 0.3) is 5.91 Å². The summed E-state index contributed by atoms with van der Waals surface area (Å²) < 4.78 is 6.98. The maximum Gasteiger partial charge on any atom is 0.276 e. The van der Waals surface area contributed by atoms with Crippen LogP contribution in [0.1, 0.15) is 34.2 Å². The van der Waals surface area contributed by atoms with Gasteiger partial charge in [0, 0.05) is 24.5 Å². The summed E-state index contributed by atoms with van der Waals surface area (Å²) in [7, 11) is 1.64. The fourth-order valence-electron chi connectivity index (χ4n) is 3.81. The van der Waals surface area contributed by atoms with E-state index in [4.69, 9.17) is 4.74 Å². The van der Waals surface area contributed by atoms with Gasteiger partial charge >= 0.3 is 0 Å². The first kappa shape index (κ1) is 19.2. The molecule has 1 N–H and O–H groups in total. The van der Waals surface area contributed by atoms with Gasteiger partial charge in [0.15, 0.2) is 5.69 Å². The molecule has 1 amide bonds. The molecular weight excluding hydrogens is 364 g/mol. The zero-order valence-electron chi connectivity index (χ0n) is 17.1. The van der Waals surface area contributed by atoms with Crippen molar-refractivity contribution in [2.45, 2.75) is 26.8 Å². The fraction of sp³-hybridized carbons (Fsp3) is 0.304. The SMILES string of the molecule is CCN1CCc2c(cccc2NC(=O)c2cc(C)n(-c3ccc(OC)cc3)n2)C1. The number of rotatable bonds is 5. The molecule has 0 saturated carbocycles. The number of ether oxygens (including phenoxy) is 1. The highest BCUT2D eigenvalue weighted by molar-refractivity contribution is 6.03. The number of benzene rings is 2. The highest BCUT2D eigenvalue weighted by atomic mass is 16.5. The maximum atomic E-state index is 12.9. The number of carbonyl (C=O) groups is 1. The first-order valence-electron chi connectivity index (χ1n) is 9.94. The second-order valence-electron chi connectivity index (χ2n) is 7.30. The minimum absolute atomic E-state index is 0.188. The Bertz CT molecular complexity index is 1020. The van der Waals surface area contributed by atoms with Crippen molar-refractivity contribution >= 4 is 11.6 Å². The van der Waals surface area contributed by atoms with E-state index < -0.39 is 0 Å². The summed E-state index contributed by atoms with van der Waals surface area (Å²) in [4.78, 5) is 15.3. The number of carbonyl (C=O) groups excluding carboxylic acids is 1. The van der Waals surface area contributed by atoms with Crippen molar-refractivity contribution in [3.05, 3.63) is 71.0 Å². The van der Waals surface area contributed by atoms with Crippen molar-refractivity contribution in [3.8, 4) is 11.4 Å². The molecule has 6 heteroatoms. The molecule has 29 heavy (non-hydrogen) atoms. The van der Waals surface area contributed by atoms with Gasteiger partial charge in [-0.1, -0.05) is 19.1 Å². The average Bonchev–Trinajstić information content (AvgIpc) is 3.15. The summed E-state index contributed by atoms with van der Waals surface area (Å²) in [6, 6.07) is 15.6. The van der Waals surface area contributed by atoms with E-state index in [0.29, 0.717) is 5.69 Å². The molecule has 2 aromatic carbocycles. The molecule has 0 unspecified atom stereocenters. The number of aryl methyl sites for hydroxylation is 1. The molecule has 3 aromatic rings. The van der Waals surface area contributed by atoms with Crippen molar-refractivity contribution in [2.24, 2.45) is 0 Å². The quantitative estimate of drug-likeness (QED) is 0.720. The van der Waals surface area contributed by atoms with Crippen LogP contribution >= 0.6 is 0 Å². The summed E-state index contributed by atoms with van der Waals surface area (Å²) in [6.45, 7) is 7.11. The summed E-state index contributed by atoms with van der Waals surface area (Å²) in [6.07, 6.45) is 0.943. The Labute approximate surface area is 171 Å². The van der Waals surface area contributed by atoms with E-state index in [1.165, 1.54) is 11.1 Å². The van der Waals surface area contributed by atoms with Crippen molar-refractivity contribution in [1.29, 1.82) is 0 Å². The van der Waals surface area contributed by atoms with Gasteiger partial charge in [0.2, 0.25) is 0 Å². The molecule has 0 aliphatic carbocycles. The lowest BCUT2D eigenvalue weighted by Crippen LogP contribution is -2.31. The van der Waals surface area contributed by atoms with Gasteiger partial charge < -0.3 is 10.1 Å². The number of hydrogen-bond donors (Lipinski definition) is 1. The molecule has 150 valence electrons. The number of aromatic nitrogens is 2. The summed E-state index contributed by atoms with van der Waals surface area (Å²) >= 11 is 0. The third-order valence-corrected chi connectivity index (χ3v) is 5.48. The van der Waals surface area contributed by atoms with Crippen LogP contribution in [0.5, 0.6) is 5.75 Å². The molecule has 0 bridgehead atoms. The molecule has 0 radical (unpaired) electrons. The largest absolute Gasteiger partial charge is 0.497 e. The fourth-order valence-corrected chi connectivity index (χ4v) is 3.81. The van der Waals surface area contributed by atoms with Gasteiger partial charge in [-0.3, -0.25) is 9.69 Å². The summed E-state index contributed by atoms with van der Waals surface area (Å²) in [5.74, 6) is 0.596. The van der Waals surface area contributed by atoms with E-state index >= 15 is 0 Å². The minimum atomic E-state index is -0.188. The summed E-state index contributed by atoms with van der Waals surface area (Å²) in [5, 5.41) is 7.60. The van der Waals surface area contributed by atoms with Crippen LogP contribution < -0.4 is 10.1 Å². The van der Waals surface area contributed by atoms with Crippen LogP contribution in [0.3, 0.4) is 0 Å². The molecular formula is C23H26N4O2. The zero-order chi connectivity index (χ0) is 20.4. The minimum Gasteiger partial charge on any atom is -0.497 e. The maximum absolute atomic E-state index is 12.9. The van der Waals surface area contributed by atoms with Gasteiger partial charge in [-0.05, 0) is 67.4 Å². The third-order valence-electron chi connectivity index (χ3n) is 5.48. The first-order chi connectivity index (χ1) is 14.1. The van der Waals surface area contributed by atoms with Crippen LogP contribution in [0.4, 0.5) is 5.69 Å². The van der Waals surface area contributed by atoms with E-state index in [-0.39, 0.29) is 5.91 Å². The van der Waals surface area contributed by atoms with E-state index in [1.54, 1.807) is 11.8 Å². The van der Waals surface area contributed by atoms with E-state index in [0.717, 1.165) is 48.9 Å². The number of fused-ring (bicyclic) bond motifs is 1. The summed E-state index contributed by atoms with van der Waals surface area (Å²) in [5.41, 5.74) is 5.60. The Morgan fingerprint density at radius 2 is 2.00 bits per heavy atom. The highest BCUT2D eigenvalue weighted by Crippen LogP contribution is 2.26. The van der Waals surface area contributed by atoms with Gasteiger partial charge in [-0.2, -0.15) is 5.10 Å². The average molecular weight is 390 g/mol. The molecule has 6 nitrogen and oxygen atoms in total. The normalized spacial score (nSPS) is 13.8. The second kappa shape index (κ2) is 8.09. The molecule has 0 fully saturated rings. The Morgan fingerprint density at radius 1 is 1.21 bits per heavy atom. The molecule has 0 saturated heterocycles. The molecule has 0 atom stereocenters. The van der Waals surface area contributed by atoms with Crippen LogP contribution in [0.15, 0.2) is 48.5 Å². The standard InChI is InChI=1S/C23H26N4O2/c1-4-26-13-12-20-17(15-26)6-5-7-21(20)24-23(28)22-14-16(2)27(25-22)18-8-10-19(29-3)11-9-18/h5-11,14H,4,12-13,15H2,1-3H3,(H,24,28). The molecule has 1 aliphatic heterocycles. The number of likely N-dealkylation sites (N-methyl/N-ethyl adjacent to an activating group) is 1. The number of nitrogens with zero attached hydrogens (tertiary/aromatic N) is 3. The highest BCUT2D eigenvalue weighted by Gasteiger charge is 2.20. The monoisotopic (exact) mass is 390 g/mol. The Kier molecular flexibility index (Phi) is 5.36. The number of hydrogen-bond acceptors (Lipinski definition) is 4. The van der Waals surface area contributed by atoms with E-state index in [9.17, 15) is 4.79 Å². The molecule has 0 spiro atoms. The van der Waals surface area contributed by atoms with Crippen molar-refractivity contribution in [2.75, 3.05) is 25.5 Å². The topological polar surface area (TPSA) is 59.4 Å². The number of amides is 1. The van der Waals surface area contributed by atoms with Crippen LogP contribution in [-0.2, 0) is 13.0 Å². The predicted molar refractivity (Wildman–Crippen MR) is 114 cm³/mol. The number of nitrogens with one attached hydrogen (secondary N) is 1. The van der Waals surface area contributed by atoms with E-state index in [2.05, 4.69) is 28.3 Å². The smallest absolute Gasteiger partial charge is 0.276 e. The number of anilines is 1. The van der Waals surface area contributed by atoms with Gasteiger partial charge in [0.1, 0.15) is 5.75 Å². The third kappa shape index (κ3) is 3.89. The lowest BCUT2D eigenvalue weighted by Gasteiger charge is -2.29. The Balaban J connectivity index is 1.56. The predicted octanol–water partition coefficient (Wildman–Crippen LogP) is 3.82. The molecule has 1 aromatic heterocycles. The van der Waals surface area contributed by atoms with Crippen LogP contribution in [-0.4, -0.2) is 40.8 Å². The van der Waals surface area contributed by atoms with Crippen LogP contribution in [0.2, 0.25) is 0 Å². The van der Waals surface area contributed by atoms with E-state index in [1.807, 2.05) is 49.4 Å². The second-order valence-corrected chi connectivity index (χ2v) is 7.30. The Morgan fingerprint density at radius 3 is 2.72 bits per heavy atom. The first-order valence-corrected chi connectivity index (χ1v) is 9.94. The molecule has 4 rings (SSSR count). The van der Waals surface area contributed by atoms with Crippen molar-refractivity contribution in [1.82, 2.24) is 14.7 Å². The molecule has 2 heterocycles. The molecule has 1 aliphatic rings. The lowest BCUT2D eigenvalue weighted by molar-refractivity contribution is 0.102. The van der Waals surface area contributed by atoms with Gasteiger partial charge in [-0.25, -0.2) is 4.68 Å². The van der Waals surface area contributed by atoms with Gasteiger partial charge in [0.05, 0.1) is 12.8 Å².